The highest BCUT2D eigenvalue weighted by atomic mass is 32.2. The van der Waals surface area contributed by atoms with E-state index in [0.29, 0.717) is 29.0 Å². The number of amides is 1. The quantitative estimate of drug-likeness (QED) is 0.536. The molecule has 0 fully saturated rings. The topological polar surface area (TPSA) is 90.2 Å². The van der Waals surface area contributed by atoms with Gasteiger partial charge in [0.1, 0.15) is 5.82 Å². The summed E-state index contributed by atoms with van der Waals surface area (Å²) in [5.74, 6) is 6.48. The summed E-state index contributed by atoms with van der Waals surface area (Å²) in [6, 6.07) is 9.24. The Morgan fingerprint density at radius 3 is 2.72 bits per heavy atom. The molecule has 0 saturated carbocycles. The number of carbonyl (C=O) groups excluding carboxylic acids is 1. The molecule has 0 aliphatic carbocycles. The maximum atomic E-state index is 13.0. The summed E-state index contributed by atoms with van der Waals surface area (Å²) in [6.07, 6.45) is 1.52. The number of furan rings is 1. The third kappa shape index (κ3) is 3.66. The van der Waals surface area contributed by atoms with Gasteiger partial charge in [0.25, 0.3) is 0 Å². The molecule has 0 aliphatic heterocycles. The molecule has 1 amide bonds. The third-order valence-electron chi connectivity index (χ3n) is 3.49. The van der Waals surface area contributed by atoms with Gasteiger partial charge in [0, 0.05) is 12.2 Å². The maximum Gasteiger partial charge on any atom is 0.237 e. The van der Waals surface area contributed by atoms with Gasteiger partial charge in [-0.15, -0.1) is 10.2 Å². The second-order valence-corrected chi connectivity index (χ2v) is 6.00. The van der Waals surface area contributed by atoms with E-state index in [-0.39, 0.29) is 17.5 Å². The minimum Gasteiger partial charge on any atom is -0.461 e. The van der Waals surface area contributed by atoms with Crippen LogP contribution in [0.5, 0.6) is 0 Å². The Morgan fingerprint density at radius 1 is 1.32 bits per heavy atom. The first-order chi connectivity index (χ1) is 12.1. The zero-order valence-electron chi connectivity index (χ0n) is 13.4. The van der Waals surface area contributed by atoms with Crippen molar-refractivity contribution >= 4 is 23.4 Å². The molecule has 9 heteroatoms. The maximum absolute atomic E-state index is 13.0. The minimum atomic E-state index is -0.344. The lowest BCUT2D eigenvalue weighted by molar-refractivity contribution is -0.116. The molecule has 2 N–H and O–H groups in total. The lowest BCUT2D eigenvalue weighted by Gasteiger charge is -2.20. The smallest absolute Gasteiger partial charge is 0.237 e. The molecule has 25 heavy (non-hydrogen) atoms. The van der Waals surface area contributed by atoms with Gasteiger partial charge in [-0.3, -0.25) is 4.79 Å². The van der Waals surface area contributed by atoms with Crippen molar-refractivity contribution in [3.8, 4) is 11.6 Å². The first-order valence-electron chi connectivity index (χ1n) is 7.53. The van der Waals surface area contributed by atoms with Crippen LogP contribution in [-0.2, 0) is 4.79 Å². The molecule has 0 radical (unpaired) electrons. The van der Waals surface area contributed by atoms with Crippen molar-refractivity contribution in [2.45, 2.75) is 12.1 Å². The Hall–Kier alpha value is -2.81. The summed E-state index contributed by atoms with van der Waals surface area (Å²) < 4.78 is 19.6. The van der Waals surface area contributed by atoms with Crippen LogP contribution < -0.4 is 10.7 Å². The van der Waals surface area contributed by atoms with E-state index in [0.717, 1.165) is 0 Å². The van der Waals surface area contributed by atoms with Gasteiger partial charge in [-0.2, -0.15) is 0 Å². The lowest BCUT2D eigenvalue weighted by Crippen LogP contribution is -2.32. The van der Waals surface area contributed by atoms with Crippen LogP contribution in [0, 0.1) is 5.82 Å². The fourth-order valence-electron chi connectivity index (χ4n) is 2.28. The number of rotatable bonds is 6. The number of nitrogens with two attached hydrogens (primary N) is 1. The largest absolute Gasteiger partial charge is 0.461 e. The molecule has 2 aromatic heterocycles. The van der Waals surface area contributed by atoms with Crippen LogP contribution in [0.3, 0.4) is 0 Å². The molecule has 1 aromatic carbocycles. The normalized spacial score (nSPS) is 10.8. The molecule has 7 nitrogen and oxygen atoms in total. The number of hydrogen-bond donors (Lipinski definition) is 1. The standard InChI is InChI=1S/C16H16FN5O2S/c1-2-21(12-7-5-11(17)6-8-12)14(23)10-25-16-20-19-15(22(16)18)13-4-3-9-24-13/h3-9H,2,10,18H2,1H3. The molecule has 2 heterocycles. The van der Waals surface area contributed by atoms with Crippen LogP contribution in [0.15, 0.2) is 52.2 Å². The second kappa shape index (κ2) is 7.39. The summed E-state index contributed by atoms with van der Waals surface area (Å²) in [4.78, 5) is 14.0. The van der Waals surface area contributed by atoms with Gasteiger partial charge in [-0.25, -0.2) is 9.07 Å². The van der Waals surface area contributed by atoms with Crippen LogP contribution in [0.25, 0.3) is 11.6 Å². The van der Waals surface area contributed by atoms with Crippen LogP contribution in [0.4, 0.5) is 10.1 Å². The van der Waals surface area contributed by atoms with Crippen molar-refractivity contribution in [1.29, 1.82) is 0 Å². The van der Waals surface area contributed by atoms with E-state index >= 15 is 0 Å². The second-order valence-electron chi connectivity index (χ2n) is 5.06. The van der Waals surface area contributed by atoms with E-state index in [1.165, 1.54) is 34.8 Å². The predicted molar refractivity (Wildman–Crippen MR) is 93.0 cm³/mol. The number of nitrogen functional groups attached to an aromatic ring is 1. The zero-order valence-corrected chi connectivity index (χ0v) is 14.2. The van der Waals surface area contributed by atoms with Crippen molar-refractivity contribution in [2.24, 2.45) is 0 Å². The Balaban J connectivity index is 1.68. The van der Waals surface area contributed by atoms with Crippen molar-refractivity contribution in [1.82, 2.24) is 14.9 Å². The first kappa shape index (κ1) is 17.0. The monoisotopic (exact) mass is 361 g/mol. The fraction of sp³-hybridized carbons (Fsp3) is 0.188. The van der Waals surface area contributed by atoms with Crippen LogP contribution in [-0.4, -0.2) is 33.1 Å². The first-order valence-corrected chi connectivity index (χ1v) is 8.51. The highest BCUT2D eigenvalue weighted by Crippen LogP contribution is 2.23. The average molecular weight is 361 g/mol. The molecule has 0 saturated heterocycles. The summed E-state index contributed by atoms with van der Waals surface area (Å²) in [5.41, 5.74) is 0.639. The van der Waals surface area contributed by atoms with Gasteiger partial charge in [0.2, 0.25) is 16.9 Å². The zero-order chi connectivity index (χ0) is 17.8. The molecule has 0 atom stereocenters. The van der Waals surface area contributed by atoms with Crippen molar-refractivity contribution < 1.29 is 13.6 Å². The summed E-state index contributed by atoms with van der Waals surface area (Å²) in [7, 11) is 0. The molecule has 0 unspecified atom stereocenters. The Morgan fingerprint density at radius 2 is 2.08 bits per heavy atom. The number of benzene rings is 1. The number of nitrogens with zero attached hydrogens (tertiary/aromatic N) is 4. The summed E-state index contributed by atoms with van der Waals surface area (Å²) in [5, 5.41) is 8.36. The van der Waals surface area contributed by atoms with E-state index in [2.05, 4.69) is 10.2 Å². The highest BCUT2D eigenvalue weighted by molar-refractivity contribution is 7.99. The van der Waals surface area contributed by atoms with E-state index in [1.807, 2.05) is 6.92 Å². The Labute approximate surface area is 147 Å². The van der Waals surface area contributed by atoms with Crippen molar-refractivity contribution in [3.63, 3.8) is 0 Å². The van der Waals surface area contributed by atoms with Crippen molar-refractivity contribution in [2.75, 3.05) is 23.0 Å². The van der Waals surface area contributed by atoms with Gasteiger partial charge in [-0.1, -0.05) is 11.8 Å². The van der Waals surface area contributed by atoms with Gasteiger partial charge in [-0.05, 0) is 43.3 Å². The van der Waals surface area contributed by atoms with Gasteiger partial charge >= 0.3 is 0 Å². The molecule has 0 aliphatic rings. The number of halogens is 1. The fourth-order valence-corrected chi connectivity index (χ4v) is 3.01. The molecule has 3 rings (SSSR count). The van der Waals surface area contributed by atoms with Gasteiger partial charge < -0.3 is 15.2 Å². The van der Waals surface area contributed by atoms with E-state index in [1.54, 1.807) is 29.2 Å². The molecular formula is C16H16FN5O2S. The molecule has 130 valence electrons. The van der Waals surface area contributed by atoms with Crippen molar-refractivity contribution in [3.05, 3.63) is 48.5 Å². The van der Waals surface area contributed by atoms with Crippen LogP contribution in [0.2, 0.25) is 0 Å². The minimum absolute atomic E-state index is 0.124. The van der Waals surface area contributed by atoms with E-state index < -0.39 is 0 Å². The molecule has 3 aromatic rings. The van der Waals surface area contributed by atoms with E-state index in [9.17, 15) is 9.18 Å². The molecule has 0 spiro atoms. The van der Waals surface area contributed by atoms with Gasteiger partial charge in [0.15, 0.2) is 5.76 Å². The number of carbonyl (C=O) groups is 1. The van der Waals surface area contributed by atoms with Crippen LogP contribution in [0.1, 0.15) is 6.92 Å². The highest BCUT2D eigenvalue weighted by Gasteiger charge is 2.18. The lowest BCUT2D eigenvalue weighted by atomic mass is 10.3. The molecular weight excluding hydrogens is 345 g/mol. The van der Waals surface area contributed by atoms with Crippen LogP contribution >= 0.6 is 11.8 Å². The van der Waals surface area contributed by atoms with Gasteiger partial charge in [0.05, 0.1) is 12.0 Å². The Bertz CT molecular complexity index is 848. The average Bonchev–Trinajstić information content (AvgIpc) is 3.25. The number of aromatic nitrogens is 3. The number of anilines is 1. The summed E-state index contributed by atoms with van der Waals surface area (Å²) in [6.45, 7) is 2.32. The number of hydrogen-bond acceptors (Lipinski definition) is 6. The number of thioether (sulfide) groups is 1. The predicted octanol–water partition coefficient (Wildman–Crippen LogP) is 2.54. The third-order valence-corrected chi connectivity index (χ3v) is 4.41. The SMILES string of the molecule is CCN(C(=O)CSc1nnc(-c2ccco2)n1N)c1ccc(F)cc1. The Kier molecular flexibility index (Phi) is 5.03. The summed E-state index contributed by atoms with van der Waals surface area (Å²) >= 11 is 1.17. The van der Waals surface area contributed by atoms with E-state index in [4.69, 9.17) is 10.3 Å². The molecule has 0 bridgehead atoms.